The highest BCUT2D eigenvalue weighted by Gasteiger charge is 2.25. The van der Waals surface area contributed by atoms with Gasteiger partial charge in [0.2, 0.25) is 0 Å². The van der Waals surface area contributed by atoms with Gasteiger partial charge in [-0.2, -0.15) is 0 Å². The standard InChI is InChI=1S/C19H25N/c1-2-14-7-9-16(10-8-14)19(20)18-12-11-15-5-3-4-6-17(15)13-18/h3-6,11-14,16,19H,2,7-10,20H2,1H3. The van der Waals surface area contributed by atoms with Gasteiger partial charge in [0.15, 0.2) is 0 Å². The van der Waals surface area contributed by atoms with Crippen molar-refractivity contribution in [1.29, 1.82) is 0 Å². The molecule has 1 fully saturated rings. The van der Waals surface area contributed by atoms with Crippen molar-refractivity contribution >= 4 is 10.8 Å². The Kier molecular flexibility index (Phi) is 4.07. The Morgan fingerprint density at radius 2 is 1.70 bits per heavy atom. The lowest BCUT2D eigenvalue weighted by Crippen LogP contribution is -2.25. The highest BCUT2D eigenvalue weighted by Crippen LogP contribution is 2.37. The third kappa shape index (κ3) is 2.73. The van der Waals surface area contributed by atoms with E-state index in [9.17, 15) is 0 Å². The lowest BCUT2D eigenvalue weighted by atomic mass is 9.76. The molecule has 2 N–H and O–H groups in total. The van der Waals surface area contributed by atoms with E-state index in [4.69, 9.17) is 5.73 Å². The van der Waals surface area contributed by atoms with Crippen molar-refractivity contribution in [2.75, 3.05) is 0 Å². The lowest BCUT2D eigenvalue weighted by Gasteiger charge is -2.32. The topological polar surface area (TPSA) is 26.0 Å². The van der Waals surface area contributed by atoms with Crippen LogP contribution in [0, 0.1) is 11.8 Å². The molecule has 1 aliphatic carbocycles. The Morgan fingerprint density at radius 1 is 1.00 bits per heavy atom. The van der Waals surface area contributed by atoms with Crippen molar-refractivity contribution in [2.45, 2.75) is 45.1 Å². The quantitative estimate of drug-likeness (QED) is 0.826. The average molecular weight is 267 g/mol. The number of rotatable bonds is 3. The Hall–Kier alpha value is -1.34. The average Bonchev–Trinajstić information content (AvgIpc) is 2.54. The summed E-state index contributed by atoms with van der Waals surface area (Å²) in [5.74, 6) is 1.61. The molecule has 1 unspecified atom stereocenters. The molecule has 0 aromatic heterocycles. The molecular weight excluding hydrogens is 242 g/mol. The highest BCUT2D eigenvalue weighted by molar-refractivity contribution is 5.83. The molecular formula is C19H25N. The minimum atomic E-state index is 0.206. The Balaban J connectivity index is 1.77. The maximum atomic E-state index is 6.55. The van der Waals surface area contributed by atoms with Gasteiger partial charge in [-0.3, -0.25) is 0 Å². The van der Waals surface area contributed by atoms with Crippen LogP contribution in [0.1, 0.15) is 50.6 Å². The van der Waals surface area contributed by atoms with Crippen molar-refractivity contribution < 1.29 is 0 Å². The molecule has 0 spiro atoms. The van der Waals surface area contributed by atoms with Crippen molar-refractivity contribution in [3.8, 4) is 0 Å². The zero-order valence-electron chi connectivity index (χ0n) is 12.4. The van der Waals surface area contributed by atoms with E-state index in [0.717, 1.165) is 5.92 Å². The first-order valence-electron chi connectivity index (χ1n) is 8.02. The first kappa shape index (κ1) is 13.6. The Morgan fingerprint density at radius 3 is 2.40 bits per heavy atom. The molecule has 0 saturated heterocycles. The second kappa shape index (κ2) is 5.97. The van der Waals surface area contributed by atoms with Crippen LogP contribution in [0.25, 0.3) is 10.8 Å². The van der Waals surface area contributed by atoms with Crippen molar-refractivity contribution in [3.63, 3.8) is 0 Å². The minimum Gasteiger partial charge on any atom is -0.324 e. The Bertz CT molecular complexity index is 567. The van der Waals surface area contributed by atoms with Crippen LogP contribution < -0.4 is 5.73 Å². The van der Waals surface area contributed by atoms with Crippen LogP contribution >= 0.6 is 0 Å². The van der Waals surface area contributed by atoms with Crippen LogP contribution in [0.3, 0.4) is 0 Å². The van der Waals surface area contributed by atoms with Gasteiger partial charge in [0.1, 0.15) is 0 Å². The zero-order valence-corrected chi connectivity index (χ0v) is 12.4. The van der Waals surface area contributed by atoms with Crippen LogP contribution in [0.5, 0.6) is 0 Å². The summed E-state index contributed by atoms with van der Waals surface area (Å²) in [6.45, 7) is 2.31. The van der Waals surface area contributed by atoms with Gasteiger partial charge in [0.05, 0.1) is 0 Å². The third-order valence-corrected chi connectivity index (χ3v) is 5.14. The predicted octanol–water partition coefficient (Wildman–Crippen LogP) is 5.06. The first-order chi connectivity index (χ1) is 9.78. The van der Waals surface area contributed by atoms with Crippen molar-refractivity contribution in [2.24, 2.45) is 17.6 Å². The van der Waals surface area contributed by atoms with Gasteiger partial charge in [-0.05, 0) is 47.1 Å². The van der Waals surface area contributed by atoms with Crippen molar-refractivity contribution in [1.82, 2.24) is 0 Å². The summed E-state index contributed by atoms with van der Waals surface area (Å²) in [7, 11) is 0. The molecule has 2 aromatic rings. The normalized spacial score (nSPS) is 24.7. The highest BCUT2D eigenvalue weighted by atomic mass is 14.7. The maximum Gasteiger partial charge on any atom is 0.0323 e. The molecule has 0 heterocycles. The van der Waals surface area contributed by atoms with E-state index in [1.165, 1.54) is 48.4 Å². The summed E-state index contributed by atoms with van der Waals surface area (Å²) in [6, 6.07) is 15.5. The number of hydrogen-bond donors (Lipinski definition) is 1. The lowest BCUT2D eigenvalue weighted by molar-refractivity contribution is 0.240. The zero-order chi connectivity index (χ0) is 13.9. The van der Waals surface area contributed by atoms with Gasteiger partial charge in [-0.25, -0.2) is 0 Å². The molecule has 1 atom stereocenters. The number of hydrogen-bond acceptors (Lipinski definition) is 1. The third-order valence-electron chi connectivity index (χ3n) is 5.14. The van der Waals surface area contributed by atoms with E-state index in [2.05, 4.69) is 49.4 Å². The molecule has 106 valence electrons. The second-order valence-electron chi connectivity index (χ2n) is 6.32. The number of benzene rings is 2. The van der Waals surface area contributed by atoms with Crippen molar-refractivity contribution in [3.05, 3.63) is 48.0 Å². The monoisotopic (exact) mass is 267 g/mol. The summed E-state index contributed by atoms with van der Waals surface area (Å²) in [6.07, 6.45) is 6.65. The van der Waals surface area contributed by atoms with E-state index in [1.807, 2.05) is 0 Å². The summed E-state index contributed by atoms with van der Waals surface area (Å²) in [5.41, 5.74) is 7.86. The number of nitrogens with two attached hydrogens (primary N) is 1. The van der Waals surface area contributed by atoms with Gasteiger partial charge < -0.3 is 5.73 Å². The van der Waals surface area contributed by atoms with E-state index in [0.29, 0.717) is 5.92 Å². The van der Waals surface area contributed by atoms with E-state index in [-0.39, 0.29) is 6.04 Å². The summed E-state index contributed by atoms with van der Waals surface area (Å²) < 4.78 is 0. The van der Waals surface area contributed by atoms with Crippen LogP contribution in [-0.4, -0.2) is 0 Å². The second-order valence-corrected chi connectivity index (χ2v) is 6.32. The smallest absolute Gasteiger partial charge is 0.0323 e. The minimum absolute atomic E-state index is 0.206. The molecule has 1 nitrogen and oxygen atoms in total. The molecule has 2 aromatic carbocycles. The van der Waals surface area contributed by atoms with Gasteiger partial charge in [-0.1, -0.05) is 62.6 Å². The summed E-state index contributed by atoms with van der Waals surface area (Å²) in [5, 5.41) is 2.61. The Labute approximate surface area is 122 Å². The van der Waals surface area contributed by atoms with Crippen LogP contribution in [-0.2, 0) is 0 Å². The molecule has 0 radical (unpaired) electrons. The first-order valence-corrected chi connectivity index (χ1v) is 8.02. The molecule has 1 heteroatoms. The SMILES string of the molecule is CCC1CCC(C(N)c2ccc3ccccc3c2)CC1. The molecule has 0 amide bonds. The van der Waals surface area contributed by atoms with E-state index < -0.39 is 0 Å². The molecule has 3 rings (SSSR count). The van der Waals surface area contributed by atoms with E-state index >= 15 is 0 Å². The molecule has 1 aliphatic rings. The molecule has 0 aliphatic heterocycles. The predicted molar refractivity (Wildman–Crippen MR) is 86.6 cm³/mol. The van der Waals surface area contributed by atoms with Gasteiger partial charge in [0, 0.05) is 6.04 Å². The summed E-state index contributed by atoms with van der Waals surface area (Å²) in [4.78, 5) is 0. The maximum absolute atomic E-state index is 6.55. The molecule has 0 bridgehead atoms. The fraction of sp³-hybridized carbons (Fsp3) is 0.474. The van der Waals surface area contributed by atoms with Gasteiger partial charge in [-0.15, -0.1) is 0 Å². The van der Waals surface area contributed by atoms with E-state index in [1.54, 1.807) is 0 Å². The number of fused-ring (bicyclic) bond motifs is 1. The molecule has 20 heavy (non-hydrogen) atoms. The largest absolute Gasteiger partial charge is 0.324 e. The van der Waals surface area contributed by atoms with Gasteiger partial charge >= 0.3 is 0 Å². The molecule has 1 saturated carbocycles. The fourth-order valence-electron chi connectivity index (χ4n) is 3.64. The van der Waals surface area contributed by atoms with Gasteiger partial charge in [0.25, 0.3) is 0 Å². The summed E-state index contributed by atoms with van der Waals surface area (Å²) >= 11 is 0. The van der Waals surface area contributed by atoms with Crippen LogP contribution in [0.15, 0.2) is 42.5 Å². The van der Waals surface area contributed by atoms with Crippen LogP contribution in [0.2, 0.25) is 0 Å². The fourth-order valence-corrected chi connectivity index (χ4v) is 3.64. The van der Waals surface area contributed by atoms with Crippen LogP contribution in [0.4, 0.5) is 0 Å².